The van der Waals surface area contributed by atoms with Crippen molar-refractivity contribution in [3.8, 4) is 5.75 Å². The van der Waals surface area contributed by atoms with Gasteiger partial charge in [-0.3, -0.25) is 9.59 Å². The van der Waals surface area contributed by atoms with Gasteiger partial charge in [-0.2, -0.15) is 0 Å². The lowest BCUT2D eigenvalue weighted by Gasteiger charge is -2.56. The molecule has 1 aliphatic heterocycles. The first kappa shape index (κ1) is 27.4. The van der Waals surface area contributed by atoms with Crippen LogP contribution >= 0.6 is 0 Å². The molecule has 7 atom stereocenters. The number of hydrogen-bond donors (Lipinski definition) is 0. The summed E-state index contributed by atoms with van der Waals surface area (Å²) in [5, 5.41) is 0. The zero-order valence-electron chi connectivity index (χ0n) is 22.5. The second kappa shape index (κ2) is 10.8. The van der Waals surface area contributed by atoms with E-state index in [1.807, 2.05) is 31.2 Å². The van der Waals surface area contributed by atoms with Crippen molar-refractivity contribution in [1.29, 1.82) is 0 Å². The van der Waals surface area contributed by atoms with E-state index in [1.54, 1.807) is 14.2 Å². The van der Waals surface area contributed by atoms with Gasteiger partial charge in [0.05, 0.1) is 26.4 Å². The highest BCUT2D eigenvalue weighted by Crippen LogP contribution is 2.54. The molecule has 0 amide bonds. The Labute approximate surface area is 210 Å². The summed E-state index contributed by atoms with van der Waals surface area (Å²) >= 11 is 0. The quantitative estimate of drug-likeness (QED) is 0.272. The zero-order valence-corrected chi connectivity index (χ0v) is 22.5. The standard InChI is InChI=1S/C29H42O6/c1-18(12-13-23(33-7)21-10-9-11-22(16-21)32-6)26-19(2)14-15-29(35-26)24(27(31)34-8)25(30)20(3)17-28(29,4)5/h9-11,14-16,18-20,23-24,26H,12-13,17H2,1-8H3/t18-,19-,20+,23-,24-,26+,29+/m0/s1. The van der Waals surface area contributed by atoms with E-state index >= 15 is 0 Å². The topological polar surface area (TPSA) is 71.1 Å². The maximum absolute atomic E-state index is 13.3. The maximum Gasteiger partial charge on any atom is 0.319 e. The second-order valence-electron chi connectivity index (χ2n) is 11.0. The van der Waals surface area contributed by atoms with Gasteiger partial charge < -0.3 is 18.9 Å². The van der Waals surface area contributed by atoms with E-state index in [0.29, 0.717) is 6.42 Å². The molecule has 0 radical (unpaired) electrons. The zero-order chi connectivity index (χ0) is 26.0. The van der Waals surface area contributed by atoms with E-state index in [4.69, 9.17) is 18.9 Å². The van der Waals surface area contributed by atoms with Gasteiger partial charge in [0, 0.05) is 18.9 Å². The average molecular weight is 487 g/mol. The Bertz CT molecular complexity index is 937. The van der Waals surface area contributed by atoms with Crippen molar-refractivity contribution in [1.82, 2.24) is 0 Å². The number of carbonyl (C=O) groups is 2. The molecule has 1 aliphatic carbocycles. The van der Waals surface area contributed by atoms with Crippen LogP contribution in [0, 0.1) is 29.1 Å². The molecule has 0 saturated heterocycles. The van der Waals surface area contributed by atoms with Gasteiger partial charge in [-0.1, -0.05) is 58.9 Å². The Hall–Kier alpha value is -2.18. The minimum atomic E-state index is -1.03. The Morgan fingerprint density at radius 1 is 1.17 bits per heavy atom. The van der Waals surface area contributed by atoms with Crippen molar-refractivity contribution in [2.75, 3.05) is 21.3 Å². The van der Waals surface area contributed by atoms with Gasteiger partial charge in [0.1, 0.15) is 17.3 Å². The van der Waals surface area contributed by atoms with Gasteiger partial charge >= 0.3 is 5.97 Å². The fourth-order valence-corrected chi connectivity index (χ4v) is 6.12. The second-order valence-corrected chi connectivity index (χ2v) is 11.0. The molecule has 0 bridgehead atoms. The molecule has 1 saturated carbocycles. The van der Waals surface area contributed by atoms with Gasteiger partial charge in [0.2, 0.25) is 0 Å². The molecule has 0 unspecified atom stereocenters. The van der Waals surface area contributed by atoms with Crippen LogP contribution < -0.4 is 4.74 Å². The van der Waals surface area contributed by atoms with Crippen molar-refractivity contribution in [3.05, 3.63) is 42.0 Å². The molecule has 1 fully saturated rings. The van der Waals surface area contributed by atoms with Crippen molar-refractivity contribution >= 4 is 11.8 Å². The molecule has 1 spiro atoms. The van der Waals surface area contributed by atoms with Gasteiger partial charge in [0.15, 0.2) is 5.78 Å². The summed E-state index contributed by atoms with van der Waals surface area (Å²) in [6.45, 7) is 10.4. The number of rotatable bonds is 8. The minimum absolute atomic E-state index is 0.0627. The Kier molecular flexibility index (Phi) is 8.48. The van der Waals surface area contributed by atoms with Crippen molar-refractivity contribution in [2.45, 2.75) is 71.7 Å². The van der Waals surface area contributed by atoms with Crippen LogP contribution in [0.1, 0.15) is 65.5 Å². The number of carbonyl (C=O) groups excluding carboxylic acids is 2. The van der Waals surface area contributed by atoms with E-state index in [9.17, 15) is 9.59 Å². The summed E-state index contributed by atoms with van der Waals surface area (Å²) in [6.07, 6.45) is 6.22. The number of methoxy groups -OCH3 is 3. The van der Waals surface area contributed by atoms with Crippen LogP contribution in [0.5, 0.6) is 5.75 Å². The highest BCUT2D eigenvalue weighted by Gasteiger charge is 2.63. The molecule has 1 aromatic rings. The first-order chi connectivity index (χ1) is 16.5. The highest BCUT2D eigenvalue weighted by atomic mass is 16.5. The maximum atomic E-state index is 13.3. The molecule has 194 valence electrons. The van der Waals surface area contributed by atoms with Crippen LogP contribution in [0.4, 0.5) is 0 Å². The lowest BCUT2D eigenvalue weighted by molar-refractivity contribution is -0.215. The molecule has 6 nitrogen and oxygen atoms in total. The molecular weight excluding hydrogens is 444 g/mol. The summed E-state index contributed by atoms with van der Waals surface area (Å²) in [5.74, 6) is -0.667. The largest absolute Gasteiger partial charge is 0.497 e. The number of hydrogen-bond acceptors (Lipinski definition) is 6. The van der Waals surface area contributed by atoms with Gasteiger partial charge in [-0.15, -0.1) is 0 Å². The monoisotopic (exact) mass is 486 g/mol. The molecule has 3 rings (SSSR count). The first-order valence-corrected chi connectivity index (χ1v) is 12.7. The van der Waals surface area contributed by atoms with Crippen LogP contribution in [0.25, 0.3) is 0 Å². The van der Waals surface area contributed by atoms with E-state index in [2.05, 4.69) is 39.8 Å². The molecule has 2 aliphatic rings. The van der Waals surface area contributed by atoms with Crippen LogP contribution in [0.3, 0.4) is 0 Å². The van der Waals surface area contributed by atoms with Gasteiger partial charge in [-0.05, 0) is 48.3 Å². The third kappa shape index (κ3) is 5.19. The van der Waals surface area contributed by atoms with E-state index < -0.39 is 22.9 Å². The third-order valence-electron chi connectivity index (χ3n) is 8.20. The van der Waals surface area contributed by atoms with Crippen LogP contribution in [-0.4, -0.2) is 44.8 Å². The molecule has 6 heteroatoms. The summed E-state index contributed by atoms with van der Waals surface area (Å²) in [5.41, 5.74) is -0.363. The molecular formula is C29H42O6. The molecule has 35 heavy (non-hydrogen) atoms. The van der Waals surface area contributed by atoms with E-state index in [0.717, 1.165) is 24.2 Å². The van der Waals surface area contributed by atoms with Crippen LogP contribution in [-0.2, 0) is 23.8 Å². The number of benzene rings is 1. The molecule has 0 aromatic heterocycles. The number of ether oxygens (including phenoxy) is 4. The van der Waals surface area contributed by atoms with Crippen LogP contribution in [0.2, 0.25) is 0 Å². The molecule has 1 heterocycles. The van der Waals surface area contributed by atoms with E-state index in [1.165, 1.54) is 7.11 Å². The van der Waals surface area contributed by atoms with Crippen molar-refractivity contribution in [2.24, 2.45) is 29.1 Å². The summed E-state index contributed by atoms with van der Waals surface area (Å²) < 4.78 is 23.2. The summed E-state index contributed by atoms with van der Waals surface area (Å²) in [4.78, 5) is 26.2. The minimum Gasteiger partial charge on any atom is -0.497 e. The fraction of sp³-hybridized carbons (Fsp3) is 0.655. The number of Topliss-reactive ketones (excluding diaryl/α,β-unsaturated/α-hetero) is 1. The average Bonchev–Trinajstić information content (AvgIpc) is 2.84. The normalized spacial score (nSPS) is 31.7. The predicted octanol–water partition coefficient (Wildman–Crippen LogP) is 5.55. The smallest absolute Gasteiger partial charge is 0.319 e. The molecule has 0 N–H and O–H groups in total. The Morgan fingerprint density at radius 2 is 1.89 bits per heavy atom. The third-order valence-corrected chi connectivity index (χ3v) is 8.20. The van der Waals surface area contributed by atoms with Crippen molar-refractivity contribution in [3.63, 3.8) is 0 Å². The first-order valence-electron chi connectivity index (χ1n) is 12.7. The van der Waals surface area contributed by atoms with Gasteiger partial charge in [0.25, 0.3) is 0 Å². The summed E-state index contributed by atoms with van der Waals surface area (Å²) in [7, 11) is 4.73. The van der Waals surface area contributed by atoms with E-state index in [-0.39, 0.29) is 35.7 Å². The lowest BCUT2D eigenvalue weighted by atomic mass is 9.55. The van der Waals surface area contributed by atoms with Crippen molar-refractivity contribution < 1.29 is 28.5 Å². The fourth-order valence-electron chi connectivity index (χ4n) is 6.12. The molecule has 1 aromatic carbocycles. The lowest BCUT2D eigenvalue weighted by Crippen LogP contribution is -2.65. The summed E-state index contributed by atoms with van der Waals surface area (Å²) in [6, 6.07) is 7.96. The predicted molar refractivity (Wildman–Crippen MR) is 135 cm³/mol. The van der Waals surface area contributed by atoms with Gasteiger partial charge in [-0.25, -0.2) is 0 Å². The Balaban J connectivity index is 1.84. The number of esters is 1. The SMILES string of the molecule is COC(=O)[C@@H]1C(=O)[C@H](C)CC(C)(C)[C@@]12C=C[C@H](C)[C@@H]([C@@H](C)CC[C@H](OC)c1cccc(OC)c1)O2. The number of ketones is 1. The van der Waals surface area contributed by atoms with Crippen LogP contribution in [0.15, 0.2) is 36.4 Å². The highest BCUT2D eigenvalue weighted by molar-refractivity contribution is 6.02. The Morgan fingerprint density at radius 3 is 2.51 bits per heavy atom.